The maximum Gasteiger partial charge on any atom is -0.0320 e. The number of hydrogen-bond donors (Lipinski definition) is 0. The molecule has 0 aliphatic heterocycles. The lowest BCUT2D eigenvalue weighted by atomic mass is 9.95. The summed E-state index contributed by atoms with van der Waals surface area (Å²) < 4.78 is 0. The van der Waals surface area contributed by atoms with Gasteiger partial charge in [-0.15, -0.1) is 0 Å². The van der Waals surface area contributed by atoms with E-state index in [4.69, 9.17) is 0 Å². The summed E-state index contributed by atoms with van der Waals surface area (Å²) >= 11 is 0. The fraction of sp³-hybridized carbons (Fsp3) is 0.769. The molecule has 0 N–H and O–H groups in total. The molecule has 0 nitrogen and oxygen atoms in total. The van der Waals surface area contributed by atoms with Gasteiger partial charge in [0.25, 0.3) is 0 Å². The summed E-state index contributed by atoms with van der Waals surface area (Å²) in [7, 11) is 0. The smallest absolute Gasteiger partial charge is 0.0320 e. The first kappa shape index (κ1) is 10.8. The van der Waals surface area contributed by atoms with Crippen molar-refractivity contribution in [3.63, 3.8) is 0 Å². The molecule has 0 bridgehead atoms. The van der Waals surface area contributed by atoms with Gasteiger partial charge in [-0.3, -0.25) is 0 Å². The highest BCUT2D eigenvalue weighted by atomic mass is 14.1. The predicted octanol–water partition coefficient (Wildman–Crippen LogP) is 4.66. The molecule has 0 aromatic carbocycles. The van der Waals surface area contributed by atoms with E-state index in [1.165, 1.54) is 57.8 Å². The van der Waals surface area contributed by atoms with E-state index in [0.717, 1.165) is 6.42 Å². The Hall–Kier alpha value is -0.260. The second kappa shape index (κ2) is 7.17. The Morgan fingerprint density at radius 1 is 1.00 bits per heavy atom. The van der Waals surface area contributed by atoms with Crippen molar-refractivity contribution in [2.75, 3.05) is 0 Å². The van der Waals surface area contributed by atoms with E-state index >= 15 is 0 Å². The van der Waals surface area contributed by atoms with Gasteiger partial charge in [0.05, 0.1) is 0 Å². The summed E-state index contributed by atoms with van der Waals surface area (Å²) in [5.74, 6) is 0. The molecule has 1 aliphatic carbocycles. The van der Waals surface area contributed by atoms with Gasteiger partial charge in [0.1, 0.15) is 0 Å². The normalized spacial score (nSPS) is 19.3. The van der Waals surface area contributed by atoms with Gasteiger partial charge in [0, 0.05) is 0 Å². The van der Waals surface area contributed by atoms with Crippen LogP contribution in [0.2, 0.25) is 0 Å². The van der Waals surface area contributed by atoms with E-state index < -0.39 is 0 Å². The van der Waals surface area contributed by atoms with E-state index in [2.05, 4.69) is 13.0 Å². The average molecular weight is 179 g/mol. The highest BCUT2D eigenvalue weighted by Gasteiger charge is 2.02. The third-order valence-electron chi connectivity index (χ3n) is 2.88. The molecule has 0 atom stereocenters. The number of rotatable bonds is 3. The topological polar surface area (TPSA) is 0 Å². The molecule has 0 aromatic rings. The second-order valence-corrected chi connectivity index (χ2v) is 4.13. The Bertz CT molecular complexity index is 134. The first-order valence-corrected chi connectivity index (χ1v) is 5.90. The first-order valence-electron chi connectivity index (χ1n) is 5.90. The molecule has 1 fully saturated rings. The van der Waals surface area contributed by atoms with Gasteiger partial charge in [-0.1, -0.05) is 44.3 Å². The molecule has 75 valence electrons. The van der Waals surface area contributed by atoms with Crippen molar-refractivity contribution in [2.24, 2.45) is 0 Å². The van der Waals surface area contributed by atoms with Crippen LogP contribution in [0.4, 0.5) is 0 Å². The molecular weight excluding hydrogens is 156 g/mol. The molecule has 0 aromatic heterocycles. The fourth-order valence-corrected chi connectivity index (χ4v) is 2.01. The summed E-state index contributed by atoms with van der Waals surface area (Å²) in [5.41, 5.74) is 1.73. The molecule has 1 aliphatic rings. The van der Waals surface area contributed by atoms with Crippen molar-refractivity contribution >= 4 is 0 Å². The number of allylic oxidation sites excluding steroid dienone is 2. The Morgan fingerprint density at radius 2 is 1.62 bits per heavy atom. The Morgan fingerprint density at radius 3 is 2.23 bits per heavy atom. The zero-order chi connectivity index (χ0) is 9.36. The summed E-state index contributed by atoms with van der Waals surface area (Å²) in [5, 5.41) is 0. The van der Waals surface area contributed by atoms with Crippen LogP contribution in [-0.2, 0) is 0 Å². The molecule has 1 radical (unpaired) electrons. The van der Waals surface area contributed by atoms with Crippen molar-refractivity contribution in [1.82, 2.24) is 0 Å². The highest BCUT2D eigenvalue weighted by Crippen LogP contribution is 2.22. The zero-order valence-electron chi connectivity index (χ0n) is 8.86. The molecule has 0 unspecified atom stereocenters. The monoisotopic (exact) mass is 179 g/mol. The van der Waals surface area contributed by atoms with Crippen molar-refractivity contribution in [3.8, 4) is 0 Å². The predicted molar refractivity (Wildman–Crippen MR) is 59.6 cm³/mol. The third kappa shape index (κ3) is 5.13. The van der Waals surface area contributed by atoms with Crippen molar-refractivity contribution in [1.29, 1.82) is 0 Å². The summed E-state index contributed by atoms with van der Waals surface area (Å²) in [6, 6.07) is 0. The molecule has 13 heavy (non-hydrogen) atoms. The SMILES string of the molecule is [CH2]CCCC=C1CCCCCCC1. The summed E-state index contributed by atoms with van der Waals surface area (Å²) in [6.07, 6.45) is 16.1. The van der Waals surface area contributed by atoms with Crippen LogP contribution in [0.25, 0.3) is 0 Å². The van der Waals surface area contributed by atoms with E-state index in [1.54, 1.807) is 5.57 Å². The van der Waals surface area contributed by atoms with E-state index in [0.29, 0.717) is 0 Å². The van der Waals surface area contributed by atoms with Crippen LogP contribution in [0, 0.1) is 6.92 Å². The lowest BCUT2D eigenvalue weighted by Gasteiger charge is -2.11. The van der Waals surface area contributed by atoms with Crippen LogP contribution in [0.3, 0.4) is 0 Å². The minimum absolute atomic E-state index is 1.09. The lowest BCUT2D eigenvalue weighted by molar-refractivity contribution is 0.566. The molecule has 0 amide bonds. The van der Waals surface area contributed by atoms with Crippen LogP contribution >= 0.6 is 0 Å². The molecule has 1 rings (SSSR count). The van der Waals surface area contributed by atoms with Gasteiger partial charge < -0.3 is 0 Å². The number of unbranched alkanes of at least 4 members (excludes halogenated alkanes) is 2. The van der Waals surface area contributed by atoms with Crippen LogP contribution in [0.5, 0.6) is 0 Å². The summed E-state index contributed by atoms with van der Waals surface area (Å²) in [6.45, 7) is 3.87. The molecule has 0 heterocycles. The standard InChI is InChI=1S/C13H23/c1-2-3-7-10-13-11-8-5-4-6-9-12-13/h10H,1-9,11-12H2. The minimum atomic E-state index is 1.09. The Kier molecular flexibility index (Phi) is 5.97. The molecule has 0 saturated heterocycles. The molecule has 0 spiro atoms. The molecular formula is C13H23. The Balaban J connectivity index is 2.23. The van der Waals surface area contributed by atoms with E-state index in [-0.39, 0.29) is 0 Å². The summed E-state index contributed by atoms with van der Waals surface area (Å²) in [4.78, 5) is 0. The molecule has 0 heteroatoms. The van der Waals surface area contributed by atoms with Gasteiger partial charge in [-0.2, -0.15) is 0 Å². The van der Waals surface area contributed by atoms with Crippen LogP contribution in [-0.4, -0.2) is 0 Å². The zero-order valence-corrected chi connectivity index (χ0v) is 8.86. The minimum Gasteiger partial charge on any atom is -0.0853 e. The maximum atomic E-state index is 3.87. The van der Waals surface area contributed by atoms with Gasteiger partial charge in [-0.05, 0) is 38.5 Å². The van der Waals surface area contributed by atoms with Crippen LogP contribution in [0.15, 0.2) is 11.6 Å². The van der Waals surface area contributed by atoms with Crippen LogP contribution < -0.4 is 0 Å². The van der Waals surface area contributed by atoms with Crippen LogP contribution in [0.1, 0.15) is 64.2 Å². The van der Waals surface area contributed by atoms with Gasteiger partial charge in [-0.25, -0.2) is 0 Å². The van der Waals surface area contributed by atoms with Crippen molar-refractivity contribution in [2.45, 2.75) is 64.2 Å². The van der Waals surface area contributed by atoms with Crippen molar-refractivity contribution in [3.05, 3.63) is 18.6 Å². The average Bonchev–Trinajstić information content (AvgIpc) is 2.08. The second-order valence-electron chi connectivity index (χ2n) is 4.13. The lowest BCUT2D eigenvalue weighted by Crippen LogP contribution is -1.91. The van der Waals surface area contributed by atoms with Gasteiger partial charge in [0.15, 0.2) is 0 Å². The van der Waals surface area contributed by atoms with Gasteiger partial charge >= 0.3 is 0 Å². The maximum absolute atomic E-state index is 3.87. The Labute approximate surface area is 83.4 Å². The highest BCUT2D eigenvalue weighted by molar-refractivity contribution is 5.02. The van der Waals surface area contributed by atoms with E-state index in [1.807, 2.05) is 0 Å². The third-order valence-corrected chi connectivity index (χ3v) is 2.88. The van der Waals surface area contributed by atoms with E-state index in [9.17, 15) is 0 Å². The van der Waals surface area contributed by atoms with Gasteiger partial charge in [0.2, 0.25) is 0 Å². The first-order chi connectivity index (χ1) is 6.43. The van der Waals surface area contributed by atoms with Crippen molar-refractivity contribution < 1.29 is 0 Å². The quantitative estimate of drug-likeness (QED) is 0.436. The fourth-order valence-electron chi connectivity index (χ4n) is 2.01. The number of hydrogen-bond acceptors (Lipinski definition) is 0. The largest absolute Gasteiger partial charge is 0.0853 e. The molecule has 1 saturated carbocycles.